The predicted molar refractivity (Wildman–Crippen MR) is 181 cm³/mol. The zero-order valence-corrected chi connectivity index (χ0v) is 28.0. The zero-order valence-electron chi connectivity index (χ0n) is 27.3. The third-order valence-corrected chi connectivity index (χ3v) is 7.42. The van der Waals surface area contributed by atoms with Crippen LogP contribution in [0.5, 0.6) is 0 Å². The van der Waals surface area contributed by atoms with Gasteiger partial charge in [-0.05, 0) is 103 Å². The van der Waals surface area contributed by atoms with E-state index in [2.05, 4.69) is 21.8 Å². The SMILES string of the molecule is CC(C)(C)OC(=O)CC(CC1CCN(C(=O)c2ccc(C#Cc3c(N)ncc4ccc(Cl)cc34)cc2)CC1)=NC(=O)OC(C)(C)C. The number of carbonyl (C=O) groups is 3. The van der Waals surface area contributed by atoms with E-state index in [9.17, 15) is 14.4 Å². The second kappa shape index (κ2) is 14.3. The number of rotatable bonds is 5. The average Bonchev–Trinajstić information content (AvgIpc) is 2.95. The number of fused-ring (bicyclic) bond motifs is 1. The molecule has 2 aromatic carbocycles. The molecule has 0 spiro atoms. The van der Waals surface area contributed by atoms with Crippen molar-refractivity contribution in [1.82, 2.24) is 9.88 Å². The van der Waals surface area contributed by atoms with Gasteiger partial charge in [-0.3, -0.25) is 9.59 Å². The number of nitrogens with two attached hydrogens (primary N) is 1. The molecule has 10 heteroatoms. The number of likely N-dealkylation sites (tertiary alicyclic amines) is 1. The van der Waals surface area contributed by atoms with Crippen molar-refractivity contribution in [3.05, 3.63) is 70.4 Å². The summed E-state index contributed by atoms with van der Waals surface area (Å²) in [5, 5.41) is 2.31. The van der Waals surface area contributed by atoms with Gasteiger partial charge in [-0.15, -0.1) is 0 Å². The third-order valence-electron chi connectivity index (χ3n) is 7.18. The summed E-state index contributed by atoms with van der Waals surface area (Å²) in [5.74, 6) is 6.20. The lowest BCUT2D eigenvalue weighted by Gasteiger charge is -2.32. The van der Waals surface area contributed by atoms with Gasteiger partial charge >= 0.3 is 12.1 Å². The Balaban J connectivity index is 1.38. The number of halogens is 1. The summed E-state index contributed by atoms with van der Waals surface area (Å²) in [6, 6.07) is 12.6. The Kier molecular flexibility index (Phi) is 10.7. The van der Waals surface area contributed by atoms with Crippen LogP contribution in [0.2, 0.25) is 5.02 Å². The number of hydrogen-bond acceptors (Lipinski definition) is 7. The van der Waals surface area contributed by atoms with E-state index >= 15 is 0 Å². The number of carbonyl (C=O) groups excluding carboxylic acids is 3. The molecular formula is C36H41ClN4O5. The first-order valence-corrected chi connectivity index (χ1v) is 15.7. The molecule has 0 radical (unpaired) electrons. The smallest absolute Gasteiger partial charge is 0.434 e. The summed E-state index contributed by atoms with van der Waals surface area (Å²) >= 11 is 6.19. The summed E-state index contributed by atoms with van der Waals surface area (Å²) in [6.07, 6.45) is 2.73. The van der Waals surface area contributed by atoms with Crippen molar-refractivity contribution >= 4 is 51.9 Å². The van der Waals surface area contributed by atoms with Crippen LogP contribution in [0, 0.1) is 17.8 Å². The molecule has 0 atom stereocenters. The van der Waals surface area contributed by atoms with Crippen molar-refractivity contribution < 1.29 is 23.9 Å². The minimum Gasteiger partial charge on any atom is -0.460 e. The number of aliphatic imine (C=N–C) groups is 1. The van der Waals surface area contributed by atoms with Crippen LogP contribution in [0.3, 0.4) is 0 Å². The van der Waals surface area contributed by atoms with Crippen LogP contribution in [0.4, 0.5) is 10.6 Å². The molecule has 242 valence electrons. The number of nitrogens with zero attached hydrogens (tertiary/aromatic N) is 3. The number of piperidine rings is 1. The van der Waals surface area contributed by atoms with E-state index in [1.54, 1.807) is 65.9 Å². The summed E-state index contributed by atoms with van der Waals surface area (Å²) in [4.78, 5) is 48.5. The maximum absolute atomic E-state index is 13.3. The fourth-order valence-electron chi connectivity index (χ4n) is 5.13. The van der Waals surface area contributed by atoms with Crippen molar-refractivity contribution in [2.45, 2.75) is 78.4 Å². The monoisotopic (exact) mass is 644 g/mol. The number of nitrogen functional groups attached to an aromatic ring is 1. The maximum Gasteiger partial charge on any atom is 0.434 e. The highest BCUT2D eigenvalue weighted by molar-refractivity contribution is 6.31. The first kappa shape index (κ1) is 34.5. The number of anilines is 1. The lowest BCUT2D eigenvalue weighted by atomic mass is 9.90. The van der Waals surface area contributed by atoms with Crippen LogP contribution in [0.25, 0.3) is 10.8 Å². The molecule has 2 N–H and O–H groups in total. The lowest BCUT2D eigenvalue weighted by molar-refractivity contribution is -0.153. The molecule has 1 fully saturated rings. The fourth-order valence-corrected chi connectivity index (χ4v) is 5.30. The third kappa shape index (κ3) is 10.0. The normalized spacial score (nSPS) is 14.4. The van der Waals surface area contributed by atoms with Gasteiger partial charge in [0.25, 0.3) is 5.91 Å². The Morgan fingerprint density at radius 1 is 0.978 bits per heavy atom. The Morgan fingerprint density at radius 2 is 1.63 bits per heavy atom. The van der Waals surface area contributed by atoms with Crippen LogP contribution >= 0.6 is 11.6 Å². The molecule has 2 amide bonds. The van der Waals surface area contributed by atoms with Crippen molar-refractivity contribution in [1.29, 1.82) is 0 Å². The van der Waals surface area contributed by atoms with Gasteiger partial charge in [0.2, 0.25) is 0 Å². The van der Waals surface area contributed by atoms with Crippen LogP contribution < -0.4 is 5.73 Å². The second-order valence-electron chi connectivity index (χ2n) is 13.4. The lowest BCUT2D eigenvalue weighted by Crippen LogP contribution is -2.39. The first-order valence-electron chi connectivity index (χ1n) is 15.3. The van der Waals surface area contributed by atoms with Crippen LogP contribution in [-0.2, 0) is 14.3 Å². The van der Waals surface area contributed by atoms with E-state index in [1.165, 1.54) is 0 Å². The van der Waals surface area contributed by atoms with Gasteiger partial charge in [0.15, 0.2) is 0 Å². The van der Waals surface area contributed by atoms with E-state index in [0.29, 0.717) is 60.0 Å². The van der Waals surface area contributed by atoms with Gasteiger partial charge < -0.3 is 20.1 Å². The van der Waals surface area contributed by atoms with Gasteiger partial charge in [0.1, 0.15) is 17.0 Å². The van der Waals surface area contributed by atoms with Crippen molar-refractivity contribution in [2.24, 2.45) is 10.9 Å². The molecule has 1 saturated heterocycles. The van der Waals surface area contributed by atoms with E-state index in [1.807, 2.05) is 29.2 Å². The molecule has 9 nitrogen and oxygen atoms in total. The molecule has 1 aliphatic rings. The number of hydrogen-bond donors (Lipinski definition) is 1. The molecule has 1 aliphatic heterocycles. The topological polar surface area (TPSA) is 124 Å². The highest BCUT2D eigenvalue weighted by Gasteiger charge is 2.27. The van der Waals surface area contributed by atoms with Gasteiger partial charge in [-0.25, -0.2) is 9.78 Å². The van der Waals surface area contributed by atoms with E-state index in [4.69, 9.17) is 26.8 Å². The predicted octanol–water partition coefficient (Wildman–Crippen LogP) is 7.22. The molecule has 46 heavy (non-hydrogen) atoms. The molecule has 4 rings (SSSR count). The van der Waals surface area contributed by atoms with E-state index in [0.717, 1.165) is 16.3 Å². The number of pyridine rings is 1. The van der Waals surface area contributed by atoms with Crippen molar-refractivity contribution in [3.8, 4) is 11.8 Å². The summed E-state index contributed by atoms with van der Waals surface area (Å²) < 4.78 is 10.8. The number of benzene rings is 2. The first-order chi connectivity index (χ1) is 21.6. The van der Waals surface area contributed by atoms with Crippen LogP contribution in [-0.4, -0.2) is 57.9 Å². The molecule has 3 aromatic rings. The summed E-state index contributed by atoms with van der Waals surface area (Å²) in [5.41, 5.74) is 7.09. The number of esters is 1. The largest absolute Gasteiger partial charge is 0.460 e. The molecule has 0 bridgehead atoms. The molecule has 0 aliphatic carbocycles. The Hall–Kier alpha value is -4.42. The molecule has 0 unspecified atom stereocenters. The van der Waals surface area contributed by atoms with Gasteiger partial charge in [0.05, 0.1) is 12.0 Å². The van der Waals surface area contributed by atoms with Crippen LogP contribution in [0.1, 0.15) is 88.7 Å². The molecule has 0 saturated carbocycles. The molecular weight excluding hydrogens is 604 g/mol. The Labute approximate surface area is 275 Å². The average molecular weight is 645 g/mol. The minimum atomic E-state index is -0.728. The number of aromatic nitrogens is 1. The number of ether oxygens (including phenoxy) is 2. The van der Waals surface area contributed by atoms with Crippen molar-refractivity contribution in [3.63, 3.8) is 0 Å². The van der Waals surface area contributed by atoms with Gasteiger partial charge in [-0.2, -0.15) is 4.99 Å². The zero-order chi connectivity index (χ0) is 33.6. The quantitative estimate of drug-likeness (QED) is 0.177. The number of amides is 2. The molecule has 1 aromatic heterocycles. The Morgan fingerprint density at radius 3 is 2.26 bits per heavy atom. The Bertz CT molecular complexity index is 1700. The van der Waals surface area contributed by atoms with Gasteiger partial charge in [-0.1, -0.05) is 29.5 Å². The highest BCUT2D eigenvalue weighted by Crippen LogP contribution is 2.26. The van der Waals surface area contributed by atoms with E-state index < -0.39 is 23.3 Å². The summed E-state index contributed by atoms with van der Waals surface area (Å²) in [6.45, 7) is 11.8. The molecule has 2 heterocycles. The second-order valence-corrected chi connectivity index (χ2v) is 13.9. The summed E-state index contributed by atoms with van der Waals surface area (Å²) in [7, 11) is 0. The standard InChI is InChI=1S/C36H41ClN4O5/c1-35(2,3)45-31(42)21-28(40-34(44)46-36(4,5)6)19-24-15-17-41(18-16-24)33(43)25-10-7-23(8-11-25)9-14-29-30-20-27(37)13-12-26(30)22-39-32(29)38/h7-8,10-13,20,22,24H,15-19,21H2,1-6H3,(H2,38,39). The maximum atomic E-state index is 13.3. The van der Waals surface area contributed by atoms with Gasteiger partial charge in [0, 0.05) is 51.9 Å². The minimum absolute atomic E-state index is 0.0634. The fraction of sp³-hybridized carbons (Fsp3) is 0.417. The van der Waals surface area contributed by atoms with Crippen molar-refractivity contribution in [2.75, 3.05) is 18.8 Å². The van der Waals surface area contributed by atoms with Crippen LogP contribution in [0.15, 0.2) is 53.7 Å². The highest BCUT2D eigenvalue weighted by atomic mass is 35.5. The van der Waals surface area contributed by atoms with E-state index in [-0.39, 0.29) is 18.2 Å².